The molecule has 21 heavy (non-hydrogen) atoms. The molecule has 1 aliphatic rings. The Kier molecular flexibility index (Phi) is 3.63. The van der Waals surface area contributed by atoms with E-state index in [1.807, 2.05) is 0 Å². The third-order valence-electron chi connectivity index (χ3n) is 3.42. The maximum absolute atomic E-state index is 10.6. The molecule has 1 fully saturated rings. The summed E-state index contributed by atoms with van der Waals surface area (Å²) in [4.78, 5) is 14.5. The first-order valence-electron chi connectivity index (χ1n) is 6.61. The van der Waals surface area contributed by atoms with Crippen molar-refractivity contribution in [2.45, 2.75) is 25.0 Å². The van der Waals surface area contributed by atoms with Gasteiger partial charge in [-0.2, -0.15) is 4.98 Å². The maximum atomic E-state index is 10.6. The van der Waals surface area contributed by atoms with Crippen LogP contribution in [-0.4, -0.2) is 27.7 Å². The van der Waals surface area contributed by atoms with Crippen molar-refractivity contribution in [3.63, 3.8) is 0 Å². The molecule has 0 radical (unpaired) electrons. The molecule has 8 nitrogen and oxygen atoms in total. The molecule has 0 spiro atoms. The second-order valence-corrected chi connectivity index (χ2v) is 4.82. The van der Waals surface area contributed by atoms with Gasteiger partial charge in [0.2, 0.25) is 5.82 Å². The van der Waals surface area contributed by atoms with Crippen molar-refractivity contribution in [1.82, 2.24) is 10.1 Å². The van der Waals surface area contributed by atoms with E-state index in [1.165, 1.54) is 12.1 Å². The van der Waals surface area contributed by atoms with Crippen LogP contribution in [0.2, 0.25) is 0 Å². The molecule has 0 aliphatic carbocycles. The van der Waals surface area contributed by atoms with Crippen molar-refractivity contribution in [2.24, 2.45) is 5.73 Å². The average molecular weight is 290 g/mol. The summed E-state index contributed by atoms with van der Waals surface area (Å²) in [5.74, 6) is 0.805. The lowest BCUT2D eigenvalue weighted by Crippen LogP contribution is -2.18. The Hall–Kier alpha value is -2.32. The number of benzene rings is 1. The molecule has 1 aliphatic heterocycles. The summed E-state index contributed by atoms with van der Waals surface area (Å²) in [6.45, 7) is 0.472. The normalized spacial score (nSPS) is 21.6. The first kappa shape index (κ1) is 13.7. The van der Waals surface area contributed by atoms with E-state index in [4.69, 9.17) is 15.0 Å². The average Bonchev–Trinajstić information content (AvgIpc) is 3.16. The predicted octanol–water partition coefficient (Wildman–Crippen LogP) is 1.82. The van der Waals surface area contributed by atoms with Gasteiger partial charge in [0.1, 0.15) is 6.10 Å². The Balaban J connectivity index is 1.77. The highest BCUT2D eigenvalue weighted by Gasteiger charge is 2.30. The molecule has 3 rings (SSSR count). The lowest BCUT2D eigenvalue weighted by atomic mass is 10.2. The Morgan fingerprint density at radius 2 is 2.10 bits per heavy atom. The van der Waals surface area contributed by atoms with Crippen molar-refractivity contribution in [2.75, 3.05) is 6.54 Å². The quantitative estimate of drug-likeness (QED) is 0.674. The highest BCUT2D eigenvalue weighted by Crippen LogP contribution is 2.32. The summed E-state index contributed by atoms with van der Waals surface area (Å²) >= 11 is 0. The van der Waals surface area contributed by atoms with Gasteiger partial charge in [0, 0.05) is 24.2 Å². The van der Waals surface area contributed by atoms with Crippen molar-refractivity contribution in [3.05, 3.63) is 40.3 Å². The van der Waals surface area contributed by atoms with E-state index in [-0.39, 0.29) is 17.9 Å². The number of hydrogen-bond acceptors (Lipinski definition) is 7. The third kappa shape index (κ3) is 2.76. The molecule has 1 saturated heterocycles. The van der Waals surface area contributed by atoms with Crippen molar-refractivity contribution >= 4 is 5.69 Å². The number of nitro groups is 1. The lowest BCUT2D eigenvalue weighted by Gasteiger charge is -2.07. The molecule has 110 valence electrons. The zero-order valence-electron chi connectivity index (χ0n) is 11.1. The van der Waals surface area contributed by atoms with Gasteiger partial charge >= 0.3 is 0 Å². The summed E-state index contributed by atoms with van der Waals surface area (Å²) < 4.78 is 10.9. The van der Waals surface area contributed by atoms with E-state index in [0.29, 0.717) is 23.8 Å². The van der Waals surface area contributed by atoms with Crippen LogP contribution >= 0.6 is 0 Å². The molecule has 2 unspecified atom stereocenters. The van der Waals surface area contributed by atoms with Crippen molar-refractivity contribution < 1.29 is 14.2 Å². The summed E-state index contributed by atoms with van der Waals surface area (Å²) in [5.41, 5.74) is 6.24. The SMILES string of the molecule is NCC1CCC(c2nc(-c3ccc([N+](=O)[O-])cc3)no2)O1. The molecule has 8 heteroatoms. The minimum atomic E-state index is -0.454. The highest BCUT2D eigenvalue weighted by molar-refractivity contribution is 5.56. The second kappa shape index (κ2) is 5.58. The molecule has 2 aromatic rings. The number of non-ortho nitro benzene ring substituents is 1. The van der Waals surface area contributed by atoms with Gasteiger partial charge < -0.3 is 15.0 Å². The Labute approximate surface area is 120 Å². The van der Waals surface area contributed by atoms with Gasteiger partial charge in [-0.25, -0.2) is 0 Å². The predicted molar refractivity (Wildman–Crippen MR) is 72.3 cm³/mol. The summed E-state index contributed by atoms with van der Waals surface area (Å²) in [5, 5.41) is 14.5. The Morgan fingerprint density at radius 1 is 1.33 bits per heavy atom. The van der Waals surface area contributed by atoms with E-state index in [2.05, 4.69) is 10.1 Å². The smallest absolute Gasteiger partial charge is 0.269 e. The van der Waals surface area contributed by atoms with Gasteiger partial charge in [-0.1, -0.05) is 5.16 Å². The molecule has 0 saturated carbocycles. The largest absolute Gasteiger partial charge is 0.364 e. The zero-order valence-corrected chi connectivity index (χ0v) is 11.1. The molecule has 1 aromatic heterocycles. The number of nitro benzene ring substituents is 1. The van der Waals surface area contributed by atoms with Crippen LogP contribution in [-0.2, 0) is 4.74 Å². The van der Waals surface area contributed by atoms with Crippen LogP contribution in [0.5, 0.6) is 0 Å². The maximum Gasteiger partial charge on any atom is 0.269 e. The van der Waals surface area contributed by atoms with E-state index >= 15 is 0 Å². The van der Waals surface area contributed by atoms with Crippen LogP contribution in [0, 0.1) is 10.1 Å². The fraction of sp³-hybridized carbons (Fsp3) is 0.385. The fourth-order valence-corrected chi connectivity index (χ4v) is 2.28. The summed E-state index contributed by atoms with van der Waals surface area (Å²) in [6.07, 6.45) is 1.47. The minimum Gasteiger partial charge on any atom is -0.364 e. The van der Waals surface area contributed by atoms with Crippen LogP contribution in [0.15, 0.2) is 28.8 Å². The molecular weight excluding hydrogens is 276 g/mol. The zero-order chi connectivity index (χ0) is 14.8. The lowest BCUT2D eigenvalue weighted by molar-refractivity contribution is -0.384. The minimum absolute atomic E-state index is 0.0207. The van der Waals surface area contributed by atoms with Crippen molar-refractivity contribution in [3.8, 4) is 11.4 Å². The third-order valence-corrected chi connectivity index (χ3v) is 3.42. The second-order valence-electron chi connectivity index (χ2n) is 4.82. The number of aromatic nitrogens is 2. The van der Waals surface area contributed by atoms with E-state index in [1.54, 1.807) is 12.1 Å². The van der Waals surface area contributed by atoms with E-state index < -0.39 is 4.92 Å². The number of nitrogens with zero attached hydrogens (tertiary/aromatic N) is 3. The Bertz CT molecular complexity index is 640. The van der Waals surface area contributed by atoms with Gasteiger partial charge in [-0.05, 0) is 25.0 Å². The van der Waals surface area contributed by atoms with Crippen LogP contribution < -0.4 is 5.73 Å². The molecule has 2 atom stereocenters. The van der Waals surface area contributed by atoms with Gasteiger partial charge in [0.15, 0.2) is 0 Å². The number of hydrogen-bond donors (Lipinski definition) is 1. The number of ether oxygens (including phenoxy) is 1. The van der Waals surface area contributed by atoms with Gasteiger partial charge in [-0.3, -0.25) is 10.1 Å². The summed E-state index contributed by atoms with van der Waals surface area (Å²) in [7, 11) is 0. The molecule has 0 amide bonds. The molecule has 0 bridgehead atoms. The van der Waals surface area contributed by atoms with Crippen LogP contribution in [0.25, 0.3) is 11.4 Å². The van der Waals surface area contributed by atoms with Crippen LogP contribution in [0.3, 0.4) is 0 Å². The standard InChI is InChI=1S/C13H14N4O4/c14-7-10-5-6-11(20-10)13-15-12(16-21-13)8-1-3-9(4-2-8)17(18)19/h1-4,10-11H,5-7,14H2. The van der Waals surface area contributed by atoms with Crippen LogP contribution in [0.1, 0.15) is 24.8 Å². The Morgan fingerprint density at radius 3 is 2.71 bits per heavy atom. The number of nitrogens with two attached hydrogens (primary N) is 1. The van der Waals surface area contributed by atoms with E-state index in [9.17, 15) is 10.1 Å². The van der Waals surface area contributed by atoms with Crippen molar-refractivity contribution in [1.29, 1.82) is 0 Å². The topological polar surface area (TPSA) is 117 Å². The van der Waals surface area contributed by atoms with Crippen LogP contribution in [0.4, 0.5) is 5.69 Å². The molecule has 1 aromatic carbocycles. The van der Waals surface area contributed by atoms with Gasteiger partial charge in [0.05, 0.1) is 11.0 Å². The number of rotatable bonds is 4. The van der Waals surface area contributed by atoms with Gasteiger partial charge in [0.25, 0.3) is 11.6 Å². The monoisotopic (exact) mass is 290 g/mol. The molecule has 2 N–H and O–H groups in total. The highest BCUT2D eigenvalue weighted by atomic mass is 16.6. The summed E-state index contributed by atoms with van der Waals surface area (Å²) in [6, 6.07) is 5.99. The molecular formula is C13H14N4O4. The first-order valence-corrected chi connectivity index (χ1v) is 6.61. The molecule has 2 heterocycles. The fourth-order valence-electron chi connectivity index (χ4n) is 2.28. The van der Waals surface area contributed by atoms with Gasteiger partial charge in [-0.15, -0.1) is 0 Å². The first-order chi connectivity index (χ1) is 10.2. The van der Waals surface area contributed by atoms with E-state index in [0.717, 1.165) is 12.8 Å².